The van der Waals surface area contributed by atoms with Crippen LogP contribution in [0, 0.1) is 6.92 Å². The molecule has 0 bridgehead atoms. The van der Waals surface area contributed by atoms with E-state index in [1.54, 1.807) is 12.3 Å². The highest BCUT2D eigenvalue weighted by molar-refractivity contribution is 5.25. The third-order valence-electron chi connectivity index (χ3n) is 3.50. The molecule has 4 heteroatoms. The van der Waals surface area contributed by atoms with Crippen LogP contribution in [0.1, 0.15) is 29.7 Å². The minimum absolute atomic E-state index is 0.0598. The lowest BCUT2D eigenvalue weighted by Gasteiger charge is -2.17. The van der Waals surface area contributed by atoms with Crippen LogP contribution in [0.3, 0.4) is 0 Å². The maximum atomic E-state index is 11.9. The van der Waals surface area contributed by atoms with Crippen molar-refractivity contribution in [2.45, 2.75) is 32.9 Å². The average Bonchev–Trinajstić information content (AvgIpc) is 2.47. The molecule has 1 heterocycles. The Bertz CT molecular complexity index is 616. The Kier molecular flexibility index (Phi) is 4.69. The summed E-state index contributed by atoms with van der Waals surface area (Å²) in [4.78, 5) is 11.9. The fourth-order valence-electron chi connectivity index (χ4n) is 2.18. The van der Waals surface area contributed by atoms with Crippen LogP contribution in [0.25, 0.3) is 0 Å². The highest BCUT2D eigenvalue weighted by atomic mass is 16.1. The van der Waals surface area contributed by atoms with Crippen molar-refractivity contribution in [3.8, 4) is 0 Å². The van der Waals surface area contributed by atoms with Gasteiger partial charge < -0.3 is 5.32 Å². The van der Waals surface area contributed by atoms with Crippen molar-refractivity contribution in [2.75, 3.05) is 7.05 Å². The van der Waals surface area contributed by atoms with Crippen molar-refractivity contribution in [3.63, 3.8) is 0 Å². The number of hydrogen-bond donors (Lipinski definition) is 1. The molecule has 2 aromatic rings. The molecule has 4 nitrogen and oxygen atoms in total. The van der Waals surface area contributed by atoms with E-state index in [9.17, 15) is 4.79 Å². The summed E-state index contributed by atoms with van der Waals surface area (Å²) in [6, 6.07) is 10.2. The molecule has 0 fully saturated rings. The van der Waals surface area contributed by atoms with Crippen molar-refractivity contribution >= 4 is 0 Å². The summed E-state index contributed by atoms with van der Waals surface area (Å²) < 4.78 is 1.50. The van der Waals surface area contributed by atoms with Gasteiger partial charge in [-0.2, -0.15) is 5.10 Å². The predicted octanol–water partition coefficient (Wildman–Crippen LogP) is 2.07. The van der Waals surface area contributed by atoms with E-state index in [1.807, 2.05) is 14.0 Å². The Balaban J connectivity index is 2.21. The van der Waals surface area contributed by atoms with Gasteiger partial charge in [-0.05, 0) is 37.1 Å². The molecule has 0 aliphatic heterocycles. The first-order chi connectivity index (χ1) is 9.63. The minimum atomic E-state index is -0.0598. The zero-order valence-electron chi connectivity index (χ0n) is 12.3. The van der Waals surface area contributed by atoms with E-state index < -0.39 is 0 Å². The molecule has 0 saturated heterocycles. The van der Waals surface area contributed by atoms with Crippen LogP contribution in [0.2, 0.25) is 0 Å². The third kappa shape index (κ3) is 3.33. The van der Waals surface area contributed by atoms with Crippen molar-refractivity contribution in [3.05, 3.63) is 63.6 Å². The average molecular weight is 271 g/mol. The molecule has 0 radical (unpaired) electrons. The summed E-state index contributed by atoms with van der Waals surface area (Å²) in [5, 5.41) is 7.44. The topological polar surface area (TPSA) is 46.9 Å². The van der Waals surface area contributed by atoms with Gasteiger partial charge in [0.2, 0.25) is 0 Å². The third-order valence-corrected chi connectivity index (χ3v) is 3.50. The van der Waals surface area contributed by atoms with Crippen LogP contribution < -0.4 is 10.9 Å². The van der Waals surface area contributed by atoms with Gasteiger partial charge in [-0.15, -0.1) is 0 Å². The number of nitrogens with one attached hydrogen (secondary N) is 1. The van der Waals surface area contributed by atoms with Crippen LogP contribution >= 0.6 is 0 Å². The van der Waals surface area contributed by atoms with E-state index in [0.717, 1.165) is 12.0 Å². The summed E-state index contributed by atoms with van der Waals surface area (Å²) in [7, 11) is 1.90. The van der Waals surface area contributed by atoms with Crippen LogP contribution in [-0.4, -0.2) is 16.8 Å². The highest BCUT2D eigenvalue weighted by Gasteiger charge is 2.11. The normalized spacial score (nSPS) is 12.3. The van der Waals surface area contributed by atoms with Crippen molar-refractivity contribution in [2.24, 2.45) is 0 Å². The number of benzene rings is 1. The largest absolute Gasteiger partial charge is 0.311 e. The first-order valence-electron chi connectivity index (χ1n) is 6.94. The molecule has 0 saturated carbocycles. The standard InChI is InChI=1S/C16H21N3O/c1-4-13-5-7-14(8-6-13)15(17-3)11-19-16(20)9-12(2)10-18-19/h5-10,15,17H,4,11H2,1-3H3. The summed E-state index contributed by atoms with van der Waals surface area (Å²) >= 11 is 0. The van der Waals surface area contributed by atoms with Gasteiger partial charge in [0, 0.05) is 6.07 Å². The molecular weight excluding hydrogens is 250 g/mol. The number of aryl methyl sites for hydroxylation is 2. The molecule has 0 amide bonds. The maximum absolute atomic E-state index is 11.9. The number of hydrogen-bond acceptors (Lipinski definition) is 3. The Morgan fingerprint density at radius 3 is 2.55 bits per heavy atom. The molecule has 2 rings (SSSR count). The molecule has 1 aromatic carbocycles. The second kappa shape index (κ2) is 6.48. The lowest BCUT2D eigenvalue weighted by Crippen LogP contribution is -2.30. The quantitative estimate of drug-likeness (QED) is 0.905. The Morgan fingerprint density at radius 1 is 1.30 bits per heavy atom. The molecule has 1 aromatic heterocycles. The zero-order chi connectivity index (χ0) is 14.5. The monoisotopic (exact) mass is 271 g/mol. The second-order valence-corrected chi connectivity index (χ2v) is 4.99. The first kappa shape index (κ1) is 14.5. The maximum Gasteiger partial charge on any atom is 0.267 e. The van der Waals surface area contributed by atoms with Gasteiger partial charge >= 0.3 is 0 Å². The van der Waals surface area contributed by atoms with E-state index in [2.05, 4.69) is 41.6 Å². The van der Waals surface area contributed by atoms with E-state index in [1.165, 1.54) is 15.8 Å². The molecule has 1 N–H and O–H groups in total. The van der Waals surface area contributed by atoms with Crippen molar-refractivity contribution in [1.29, 1.82) is 0 Å². The molecule has 0 spiro atoms. The Hall–Kier alpha value is -1.94. The lowest BCUT2D eigenvalue weighted by molar-refractivity contribution is 0.451. The number of rotatable bonds is 5. The fourth-order valence-corrected chi connectivity index (χ4v) is 2.18. The van der Waals surface area contributed by atoms with Gasteiger partial charge in [0.25, 0.3) is 5.56 Å². The van der Waals surface area contributed by atoms with Crippen molar-refractivity contribution in [1.82, 2.24) is 15.1 Å². The SMILES string of the molecule is CCc1ccc(C(Cn2ncc(C)cc2=O)NC)cc1. The fraction of sp³-hybridized carbons (Fsp3) is 0.375. The van der Waals surface area contributed by atoms with E-state index in [4.69, 9.17) is 0 Å². The second-order valence-electron chi connectivity index (χ2n) is 4.99. The highest BCUT2D eigenvalue weighted by Crippen LogP contribution is 2.15. The van der Waals surface area contributed by atoms with E-state index in [-0.39, 0.29) is 11.6 Å². The molecule has 1 unspecified atom stereocenters. The lowest BCUT2D eigenvalue weighted by atomic mass is 10.0. The Labute approximate surface area is 119 Å². The number of aromatic nitrogens is 2. The molecule has 20 heavy (non-hydrogen) atoms. The number of likely N-dealkylation sites (N-methyl/N-ethyl adjacent to an activating group) is 1. The smallest absolute Gasteiger partial charge is 0.267 e. The Morgan fingerprint density at radius 2 is 2.00 bits per heavy atom. The van der Waals surface area contributed by atoms with E-state index in [0.29, 0.717) is 6.54 Å². The van der Waals surface area contributed by atoms with Crippen LogP contribution in [0.15, 0.2) is 41.3 Å². The molecule has 0 aliphatic carbocycles. The molecule has 106 valence electrons. The zero-order valence-corrected chi connectivity index (χ0v) is 12.3. The van der Waals surface area contributed by atoms with Gasteiger partial charge in [0.15, 0.2) is 0 Å². The molecule has 0 aliphatic rings. The summed E-state index contributed by atoms with van der Waals surface area (Å²) in [5.74, 6) is 0. The predicted molar refractivity (Wildman–Crippen MR) is 80.9 cm³/mol. The summed E-state index contributed by atoms with van der Waals surface area (Å²) in [6.07, 6.45) is 2.75. The van der Waals surface area contributed by atoms with E-state index >= 15 is 0 Å². The van der Waals surface area contributed by atoms with Gasteiger partial charge in [-0.3, -0.25) is 4.79 Å². The van der Waals surface area contributed by atoms with Gasteiger partial charge in [0.1, 0.15) is 0 Å². The van der Waals surface area contributed by atoms with Gasteiger partial charge in [-0.25, -0.2) is 4.68 Å². The van der Waals surface area contributed by atoms with Gasteiger partial charge in [0.05, 0.1) is 18.8 Å². The first-order valence-corrected chi connectivity index (χ1v) is 6.94. The van der Waals surface area contributed by atoms with Gasteiger partial charge in [-0.1, -0.05) is 31.2 Å². The molecular formula is C16H21N3O. The van der Waals surface area contributed by atoms with Crippen LogP contribution in [0.4, 0.5) is 0 Å². The molecule has 1 atom stereocenters. The van der Waals surface area contributed by atoms with Crippen LogP contribution in [0.5, 0.6) is 0 Å². The summed E-state index contributed by atoms with van der Waals surface area (Å²) in [6.45, 7) is 4.54. The minimum Gasteiger partial charge on any atom is -0.311 e. The number of nitrogens with zero attached hydrogens (tertiary/aromatic N) is 2. The van der Waals surface area contributed by atoms with Crippen LogP contribution in [-0.2, 0) is 13.0 Å². The van der Waals surface area contributed by atoms with Crippen molar-refractivity contribution < 1.29 is 0 Å². The summed E-state index contributed by atoms with van der Waals surface area (Å²) in [5.41, 5.74) is 3.31.